The van der Waals surface area contributed by atoms with Gasteiger partial charge in [-0.25, -0.2) is 4.39 Å². The van der Waals surface area contributed by atoms with Gasteiger partial charge in [0.1, 0.15) is 11.6 Å². The first-order valence-corrected chi connectivity index (χ1v) is 6.19. The van der Waals surface area contributed by atoms with E-state index in [4.69, 9.17) is 10.5 Å². The molecule has 0 atom stereocenters. The Bertz CT molecular complexity index is 657. The number of nitrogen functional groups attached to an aromatic ring is 1. The van der Waals surface area contributed by atoms with Crippen LogP contribution in [0.5, 0.6) is 5.75 Å². The van der Waals surface area contributed by atoms with Gasteiger partial charge in [0, 0.05) is 17.3 Å². The molecule has 0 heterocycles. The van der Waals surface area contributed by atoms with Crippen LogP contribution in [-0.4, -0.2) is 12.9 Å². The second-order valence-electron chi connectivity index (χ2n) is 4.71. The SMILES string of the molecule is COc1cc(N)ccc1C(=O)c1cc(C)c(F)c(C)c1. The van der Waals surface area contributed by atoms with Crippen molar-refractivity contribution in [3.05, 3.63) is 58.4 Å². The van der Waals surface area contributed by atoms with Crippen LogP contribution in [0.1, 0.15) is 27.0 Å². The highest BCUT2D eigenvalue weighted by Crippen LogP contribution is 2.25. The van der Waals surface area contributed by atoms with Crippen molar-refractivity contribution < 1.29 is 13.9 Å². The number of carbonyl (C=O) groups is 1. The molecule has 0 fully saturated rings. The number of anilines is 1. The Morgan fingerprint density at radius 3 is 2.30 bits per heavy atom. The first kappa shape index (κ1) is 14.1. The van der Waals surface area contributed by atoms with E-state index in [1.807, 2.05) is 0 Å². The Labute approximate surface area is 117 Å². The average molecular weight is 273 g/mol. The minimum Gasteiger partial charge on any atom is -0.496 e. The van der Waals surface area contributed by atoms with Crippen molar-refractivity contribution in [2.45, 2.75) is 13.8 Å². The summed E-state index contributed by atoms with van der Waals surface area (Å²) < 4.78 is 18.8. The molecule has 20 heavy (non-hydrogen) atoms. The van der Waals surface area contributed by atoms with E-state index in [1.54, 1.807) is 44.2 Å². The zero-order valence-electron chi connectivity index (χ0n) is 11.7. The van der Waals surface area contributed by atoms with E-state index in [9.17, 15) is 9.18 Å². The molecule has 104 valence electrons. The van der Waals surface area contributed by atoms with Gasteiger partial charge in [-0.15, -0.1) is 0 Å². The third-order valence-electron chi connectivity index (χ3n) is 3.17. The van der Waals surface area contributed by atoms with Gasteiger partial charge in [0.25, 0.3) is 0 Å². The fourth-order valence-corrected chi connectivity index (χ4v) is 2.13. The van der Waals surface area contributed by atoms with Crippen molar-refractivity contribution in [2.24, 2.45) is 0 Å². The van der Waals surface area contributed by atoms with Crippen LogP contribution in [0.3, 0.4) is 0 Å². The predicted octanol–water partition coefficient (Wildman–Crippen LogP) is 3.26. The number of hydrogen-bond donors (Lipinski definition) is 1. The number of aryl methyl sites for hydroxylation is 2. The van der Waals surface area contributed by atoms with E-state index in [2.05, 4.69) is 0 Å². The molecule has 0 aliphatic rings. The molecule has 3 nitrogen and oxygen atoms in total. The molecule has 2 rings (SSSR count). The molecule has 0 aliphatic carbocycles. The normalized spacial score (nSPS) is 10.4. The van der Waals surface area contributed by atoms with Crippen LogP contribution in [-0.2, 0) is 0 Å². The average Bonchev–Trinajstić information content (AvgIpc) is 2.43. The highest BCUT2D eigenvalue weighted by Gasteiger charge is 2.16. The summed E-state index contributed by atoms with van der Waals surface area (Å²) in [6.45, 7) is 3.28. The lowest BCUT2D eigenvalue weighted by molar-refractivity contribution is 0.103. The summed E-state index contributed by atoms with van der Waals surface area (Å²) in [6.07, 6.45) is 0. The Morgan fingerprint density at radius 2 is 1.75 bits per heavy atom. The maximum atomic E-state index is 13.6. The minimum atomic E-state index is -0.286. The highest BCUT2D eigenvalue weighted by molar-refractivity contribution is 6.11. The first-order valence-electron chi connectivity index (χ1n) is 6.19. The van der Waals surface area contributed by atoms with E-state index >= 15 is 0 Å². The Morgan fingerprint density at radius 1 is 1.15 bits per heavy atom. The highest BCUT2D eigenvalue weighted by atomic mass is 19.1. The molecule has 0 bridgehead atoms. The van der Waals surface area contributed by atoms with Gasteiger partial charge in [0.15, 0.2) is 5.78 Å². The van der Waals surface area contributed by atoms with E-state index in [0.29, 0.717) is 33.7 Å². The zero-order chi connectivity index (χ0) is 14.9. The molecule has 0 amide bonds. The summed E-state index contributed by atoms with van der Waals surface area (Å²) in [5, 5.41) is 0. The largest absolute Gasteiger partial charge is 0.496 e. The van der Waals surface area contributed by atoms with Gasteiger partial charge >= 0.3 is 0 Å². The maximum absolute atomic E-state index is 13.6. The number of rotatable bonds is 3. The number of methoxy groups -OCH3 is 1. The number of benzene rings is 2. The molecule has 0 unspecified atom stereocenters. The summed E-state index contributed by atoms with van der Waals surface area (Å²) in [5.74, 6) is -0.0893. The first-order chi connectivity index (χ1) is 9.43. The van der Waals surface area contributed by atoms with Gasteiger partial charge in [-0.05, 0) is 49.2 Å². The molecule has 0 spiro atoms. The molecule has 2 aromatic carbocycles. The zero-order valence-corrected chi connectivity index (χ0v) is 11.7. The number of ketones is 1. The monoisotopic (exact) mass is 273 g/mol. The second-order valence-corrected chi connectivity index (χ2v) is 4.71. The molecular formula is C16H16FNO2. The van der Waals surface area contributed by atoms with Crippen molar-refractivity contribution in [2.75, 3.05) is 12.8 Å². The maximum Gasteiger partial charge on any atom is 0.196 e. The molecule has 0 radical (unpaired) electrons. The lowest BCUT2D eigenvalue weighted by Crippen LogP contribution is -2.06. The molecule has 0 saturated carbocycles. The van der Waals surface area contributed by atoms with E-state index in [0.717, 1.165) is 0 Å². The molecule has 0 aromatic heterocycles. The van der Waals surface area contributed by atoms with Crippen molar-refractivity contribution in [3.63, 3.8) is 0 Å². The fraction of sp³-hybridized carbons (Fsp3) is 0.188. The van der Waals surface area contributed by atoms with Gasteiger partial charge in [-0.1, -0.05) is 0 Å². The fourth-order valence-electron chi connectivity index (χ4n) is 2.13. The molecule has 4 heteroatoms. The van der Waals surface area contributed by atoms with Crippen LogP contribution < -0.4 is 10.5 Å². The lowest BCUT2D eigenvalue weighted by Gasteiger charge is -2.10. The topological polar surface area (TPSA) is 52.3 Å². The Hall–Kier alpha value is -2.36. The van der Waals surface area contributed by atoms with Crippen molar-refractivity contribution in [1.29, 1.82) is 0 Å². The summed E-state index contributed by atoms with van der Waals surface area (Å²) in [4.78, 5) is 12.5. The van der Waals surface area contributed by atoms with Crippen LogP contribution in [0.25, 0.3) is 0 Å². The summed E-state index contributed by atoms with van der Waals surface area (Å²) in [5.41, 5.74) is 7.93. The minimum absolute atomic E-state index is 0.215. The van der Waals surface area contributed by atoms with Crippen LogP contribution in [0.2, 0.25) is 0 Å². The standard InChI is InChI=1S/C16H16FNO2/c1-9-6-11(7-10(2)15(9)17)16(19)13-5-4-12(18)8-14(13)20-3/h4-8H,18H2,1-3H3. The number of carbonyl (C=O) groups excluding carboxylic acids is 1. The number of nitrogens with two attached hydrogens (primary N) is 1. The summed E-state index contributed by atoms with van der Waals surface area (Å²) in [7, 11) is 1.48. The Balaban J connectivity index is 2.52. The van der Waals surface area contributed by atoms with Gasteiger partial charge in [-0.3, -0.25) is 4.79 Å². The van der Waals surface area contributed by atoms with E-state index < -0.39 is 0 Å². The molecule has 0 aliphatic heterocycles. The van der Waals surface area contributed by atoms with Gasteiger partial charge in [0.2, 0.25) is 0 Å². The lowest BCUT2D eigenvalue weighted by atomic mass is 9.98. The van der Waals surface area contributed by atoms with Gasteiger partial charge in [0.05, 0.1) is 12.7 Å². The Kier molecular flexibility index (Phi) is 3.74. The van der Waals surface area contributed by atoms with Crippen LogP contribution in [0, 0.1) is 19.7 Å². The van der Waals surface area contributed by atoms with Crippen molar-refractivity contribution in [3.8, 4) is 5.75 Å². The third kappa shape index (κ3) is 2.50. The second kappa shape index (κ2) is 5.33. The summed E-state index contributed by atoms with van der Waals surface area (Å²) >= 11 is 0. The van der Waals surface area contributed by atoms with Gasteiger partial charge < -0.3 is 10.5 Å². The molecular weight excluding hydrogens is 257 g/mol. The predicted molar refractivity (Wildman–Crippen MR) is 76.7 cm³/mol. The smallest absolute Gasteiger partial charge is 0.196 e. The quantitative estimate of drug-likeness (QED) is 0.689. The van der Waals surface area contributed by atoms with Gasteiger partial charge in [-0.2, -0.15) is 0 Å². The third-order valence-corrected chi connectivity index (χ3v) is 3.17. The van der Waals surface area contributed by atoms with Crippen LogP contribution >= 0.6 is 0 Å². The van der Waals surface area contributed by atoms with Crippen molar-refractivity contribution >= 4 is 11.5 Å². The molecule has 2 N–H and O–H groups in total. The van der Waals surface area contributed by atoms with Crippen LogP contribution in [0.4, 0.5) is 10.1 Å². The van der Waals surface area contributed by atoms with E-state index in [1.165, 1.54) is 7.11 Å². The number of ether oxygens (including phenoxy) is 1. The summed E-state index contributed by atoms with van der Waals surface area (Å²) in [6, 6.07) is 7.93. The van der Waals surface area contributed by atoms with Crippen LogP contribution in [0.15, 0.2) is 30.3 Å². The van der Waals surface area contributed by atoms with Crippen molar-refractivity contribution in [1.82, 2.24) is 0 Å². The van der Waals surface area contributed by atoms with E-state index in [-0.39, 0.29) is 11.6 Å². The number of hydrogen-bond acceptors (Lipinski definition) is 3. The molecule has 2 aromatic rings. The molecule has 0 saturated heterocycles. The number of halogens is 1.